The summed E-state index contributed by atoms with van der Waals surface area (Å²) in [6.07, 6.45) is 0.766. The molecular weight excluding hydrogens is 320 g/mol. The minimum atomic E-state index is -0.968. The molecule has 1 saturated heterocycles. The first kappa shape index (κ1) is 17.7. The van der Waals surface area contributed by atoms with Crippen LogP contribution in [0.4, 0.5) is 4.79 Å². The van der Waals surface area contributed by atoms with Crippen molar-refractivity contribution >= 4 is 12.1 Å². The molecule has 25 heavy (non-hydrogen) atoms. The third-order valence-electron chi connectivity index (χ3n) is 4.93. The number of aliphatic carboxylic acids is 1. The Morgan fingerprint density at radius 1 is 1.24 bits per heavy atom. The Bertz CT molecular complexity index is 668. The molecule has 2 heterocycles. The molecule has 6 heteroatoms. The molecule has 0 bridgehead atoms. The van der Waals surface area contributed by atoms with Gasteiger partial charge in [0.25, 0.3) is 0 Å². The molecule has 0 aliphatic carbocycles. The predicted molar refractivity (Wildman–Crippen MR) is 93.2 cm³/mol. The molecule has 1 fully saturated rings. The summed E-state index contributed by atoms with van der Waals surface area (Å²) in [4.78, 5) is 25.4. The molecule has 0 saturated carbocycles. The standard InChI is InChI=1S/C19H26N2O4/c1-19(2,3)25-18(24)21-11-14(9-16(21)17(22)23)15-8-12-6-4-5-7-13(12)10-20-15/h4-7,14-16,20H,8-11H2,1-3H3,(H,22,23)/t14?,15?,16-/m0/s1. The molecule has 136 valence electrons. The minimum absolute atomic E-state index is 0.0991. The zero-order chi connectivity index (χ0) is 18.2. The largest absolute Gasteiger partial charge is 0.480 e. The quantitative estimate of drug-likeness (QED) is 0.860. The van der Waals surface area contributed by atoms with Gasteiger partial charge >= 0.3 is 12.1 Å². The van der Waals surface area contributed by atoms with Crippen LogP contribution in [0.1, 0.15) is 38.3 Å². The van der Waals surface area contributed by atoms with Crippen molar-refractivity contribution in [2.45, 2.75) is 57.8 Å². The van der Waals surface area contributed by atoms with Gasteiger partial charge < -0.3 is 15.2 Å². The maximum Gasteiger partial charge on any atom is 0.411 e. The molecular formula is C19H26N2O4. The summed E-state index contributed by atoms with van der Waals surface area (Å²) in [6.45, 7) is 6.54. The number of ether oxygens (including phenoxy) is 1. The summed E-state index contributed by atoms with van der Waals surface area (Å²) in [5.41, 5.74) is 1.95. The third kappa shape index (κ3) is 3.95. The minimum Gasteiger partial charge on any atom is -0.480 e. The van der Waals surface area contributed by atoms with Gasteiger partial charge in [0.15, 0.2) is 0 Å². The number of likely N-dealkylation sites (tertiary alicyclic amines) is 1. The van der Waals surface area contributed by atoms with Crippen LogP contribution in [0, 0.1) is 5.92 Å². The van der Waals surface area contributed by atoms with Crippen molar-refractivity contribution in [3.8, 4) is 0 Å². The third-order valence-corrected chi connectivity index (χ3v) is 4.93. The van der Waals surface area contributed by atoms with Crippen molar-refractivity contribution in [2.75, 3.05) is 6.54 Å². The summed E-state index contributed by atoms with van der Waals surface area (Å²) in [5, 5.41) is 13.0. The summed E-state index contributed by atoms with van der Waals surface area (Å²) in [5.74, 6) is -0.869. The lowest BCUT2D eigenvalue weighted by Gasteiger charge is -2.31. The lowest BCUT2D eigenvalue weighted by molar-refractivity contribution is -0.142. The zero-order valence-electron chi connectivity index (χ0n) is 15.0. The maximum absolute atomic E-state index is 12.4. The van der Waals surface area contributed by atoms with E-state index < -0.39 is 23.7 Å². The van der Waals surface area contributed by atoms with Crippen molar-refractivity contribution in [3.05, 3.63) is 35.4 Å². The Labute approximate surface area is 148 Å². The van der Waals surface area contributed by atoms with Crippen molar-refractivity contribution in [2.24, 2.45) is 5.92 Å². The maximum atomic E-state index is 12.4. The van der Waals surface area contributed by atoms with E-state index in [0.717, 1.165) is 13.0 Å². The highest BCUT2D eigenvalue weighted by molar-refractivity contribution is 5.81. The van der Waals surface area contributed by atoms with Crippen molar-refractivity contribution in [3.63, 3.8) is 0 Å². The van der Waals surface area contributed by atoms with Crippen LogP contribution in [-0.4, -0.2) is 46.3 Å². The number of carboxylic acids is 1. The predicted octanol–water partition coefficient (Wildman–Crippen LogP) is 2.41. The van der Waals surface area contributed by atoms with E-state index in [-0.39, 0.29) is 12.0 Å². The Hall–Kier alpha value is -2.08. The molecule has 1 aromatic rings. The van der Waals surface area contributed by atoms with Crippen LogP contribution >= 0.6 is 0 Å². The Morgan fingerprint density at radius 3 is 2.56 bits per heavy atom. The number of carbonyl (C=O) groups excluding carboxylic acids is 1. The molecule has 3 atom stereocenters. The second kappa shape index (κ2) is 6.67. The van der Waals surface area contributed by atoms with E-state index in [1.54, 1.807) is 20.8 Å². The molecule has 2 aliphatic heterocycles. The number of carbonyl (C=O) groups is 2. The lowest BCUT2D eigenvalue weighted by atomic mass is 9.87. The van der Waals surface area contributed by atoms with Gasteiger partial charge in [0.2, 0.25) is 0 Å². The van der Waals surface area contributed by atoms with E-state index in [0.29, 0.717) is 13.0 Å². The van der Waals surface area contributed by atoms with E-state index in [9.17, 15) is 14.7 Å². The molecule has 3 rings (SSSR count). The van der Waals surface area contributed by atoms with E-state index in [1.165, 1.54) is 16.0 Å². The molecule has 2 aliphatic rings. The van der Waals surface area contributed by atoms with Crippen LogP contribution in [-0.2, 0) is 22.5 Å². The topological polar surface area (TPSA) is 78.9 Å². The number of rotatable bonds is 2. The van der Waals surface area contributed by atoms with E-state index >= 15 is 0 Å². The summed E-state index contributed by atoms with van der Waals surface area (Å²) < 4.78 is 5.40. The second-order valence-electron chi connectivity index (χ2n) is 7.94. The van der Waals surface area contributed by atoms with Crippen LogP contribution in [0.5, 0.6) is 0 Å². The number of fused-ring (bicyclic) bond motifs is 1. The van der Waals surface area contributed by atoms with Gasteiger partial charge in [-0.2, -0.15) is 0 Å². The van der Waals surface area contributed by atoms with Gasteiger partial charge in [0, 0.05) is 19.1 Å². The number of benzene rings is 1. The van der Waals surface area contributed by atoms with Crippen molar-refractivity contribution in [1.82, 2.24) is 10.2 Å². The number of amides is 1. The second-order valence-corrected chi connectivity index (χ2v) is 7.94. The molecule has 0 aromatic heterocycles. The molecule has 1 aromatic carbocycles. The average Bonchev–Trinajstić information content (AvgIpc) is 2.98. The fourth-order valence-electron chi connectivity index (χ4n) is 3.73. The van der Waals surface area contributed by atoms with Gasteiger partial charge in [0.05, 0.1) is 0 Å². The summed E-state index contributed by atoms with van der Waals surface area (Å²) >= 11 is 0. The fourth-order valence-corrected chi connectivity index (χ4v) is 3.73. The highest BCUT2D eigenvalue weighted by Gasteiger charge is 2.44. The summed E-state index contributed by atoms with van der Waals surface area (Å²) in [6, 6.07) is 7.64. The smallest absolute Gasteiger partial charge is 0.411 e. The SMILES string of the molecule is CC(C)(C)OC(=O)N1CC(C2Cc3ccccc3CN2)C[C@H]1C(=O)O. The van der Waals surface area contributed by atoms with E-state index in [2.05, 4.69) is 17.4 Å². The molecule has 6 nitrogen and oxygen atoms in total. The Balaban J connectivity index is 1.72. The molecule has 2 unspecified atom stereocenters. The first-order valence-electron chi connectivity index (χ1n) is 8.77. The number of hydrogen-bond donors (Lipinski definition) is 2. The molecule has 2 N–H and O–H groups in total. The molecule has 0 spiro atoms. The fraction of sp³-hybridized carbons (Fsp3) is 0.579. The Morgan fingerprint density at radius 2 is 1.92 bits per heavy atom. The number of nitrogens with one attached hydrogen (secondary N) is 1. The first-order valence-corrected chi connectivity index (χ1v) is 8.77. The van der Waals surface area contributed by atoms with Crippen LogP contribution < -0.4 is 5.32 Å². The van der Waals surface area contributed by atoms with Gasteiger partial charge in [-0.25, -0.2) is 9.59 Å². The van der Waals surface area contributed by atoms with Gasteiger partial charge in [0.1, 0.15) is 11.6 Å². The number of hydrogen-bond acceptors (Lipinski definition) is 4. The normalized spacial score (nSPS) is 26.2. The van der Waals surface area contributed by atoms with E-state index in [4.69, 9.17) is 4.74 Å². The highest BCUT2D eigenvalue weighted by atomic mass is 16.6. The molecule has 1 amide bonds. The molecule has 0 radical (unpaired) electrons. The van der Waals surface area contributed by atoms with Gasteiger partial charge in [-0.3, -0.25) is 4.90 Å². The van der Waals surface area contributed by atoms with Crippen LogP contribution in [0.3, 0.4) is 0 Å². The lowest BCUT2D eigenvalue weighted by Crippen LogP contribution is -2.44. The average molecular weight is 346 g/mol. The zero-order valence-corrected chi connectivity index (χ0v) is 15.0. The van der Waals surface area contributed by atoms with Gasteiger partial charge in [-0.1, -0.05) is 24.3 Å². The van der Waals surface area contributed by atoms with Crippen LogP contribution in [0.25, 0.3) is 0 Å². The first-order chi connectivity index (χ1) is 11.7. The monoisotopic (exact) mass is 346 g/mol. The van der Waals surface area contributed by atoms with E-state index in [1.807, 2.05) is 12.1 Å². The van der Waals surface area contributed by atoms with Crippen LogP contribution in [0.2, 0.25) is 0 Å². The van der Waals surface area contributed by atoms with Crippen molar-refractivity contribution < 1.29 is 19.4 Å². The van der Waals surface area contributed by atoms with Crippen LogP contribution in [0.15, 0.2) is 24.3 Å². The van der Waals surface area contributed by atoms with Crippen molar-refractivity contribution in [1.29, 1.82) is 0 Å². The number of carboxylic acid groups (broad SMARTS) is 1. The van der Waals surface area contributed by atoms with Gasteiger partial charge in [-0.05, 0) is 50.7 Å². The van der Waals surface area contributed by atoms with Gasteiger partial charge in [-0.15, -0.1) is 0 Å². The summed E-state index contributed by atoms with van der Waals surface area (Å²) in [7, 11) is 0. The highest BCUT2D eigenvalue weighted by Crippen LogP contribution is 2.31. The Kier molecular flexibility index (Phi) is 4.73. The number of nitrogens with zero attached hydrogens (tertiary/aromatic N) is 1.